The predicted octanol–water partition coefficient (Wildman–Crippen LogP) is -0.651. The van der Waals surface area contributed by atoms with Gasteiger partial charge in [0.2, 0.25) is 15.9 Å². The summed E-state index contributed by atoms with van der Waals surface area (Å²) in [5.74, 6) is -0.113. The number of piperidine rings is 1. The van der Waals surface area contributed by atoms with Gasteiger partial charge in [0.15, 0.2) is 0 Å². The molecule has 2 atom stereocenters. The Kier molecular flexibility index (Phi) is 3.70. The molecule has 0 spiro atoms. The van der Waals surface area contributed by atoms with E-state index in [9.17, 15) is 13.2 Å². The Morgan fingerprint density at radius 2 is 2.00 bits per heavy atom. The fraction of sp³-hybridized carbons (Fsp3) is 0.750. The molecule has 0 saturated carbocycles. The molecule has 21 heavy (non-hydrogen) atoms. The number of carbonyl (C=O) groups excluding carboxylic acids is 1. The maximum absolute atomic E-state index is 12.0. The number of sulfonamides is 1. The lowest BCUT2D eigenvalue weighted by molar-refractivity contribution is -0.122. The lowest BCUT2D eigenvalue weighted by Gasteiger charge is -2.37. The molecular weight excluding hydrogens is 294 g/mol. The maximum atomic E-state index is 12.0. The van der Waals surface area contributed by atoms with Crippen LogP contribution in [0.15, 0.2) is 12.7 Å². The van der Waals surface area contributed by atoms with Gasteiger partial charge in [-0.05, 0) is 25.7 Å². The highest BCUT2D eigenvalue weighted by molar-refractivity contribution is 7.88. The minimum atomic E-state index is -3.16. The van der Waals surface area contributed by atoms with E-state index in [0.717, 1.165) is 12.8 Å². The van der Waals surface area contributed by atoms with Crippen LogP contribution < -0.4 is 5.32 Å². The molecule has 8 nitrogen and oxygen atoms in total. The van der Waals surface area contributed by atoms with E-state index in [1.54, 1.807) is 4.31 Å². The molecule has 0 radical (unpaired) electrons. The van der Waals surface area contributed by atoms with E-state index in [1.807, 2.05) is 0 Å². The van der Waals surface area contributed by atoms with E-state index in [0.29, 0.717) is 12.8 Å². The van der Waals surface area contributed by atoms with Gasteiger partial charge >= 0.3 is 0 Å². The van der Waals surface area contributed by atoms with E-state index in [4.69, 9.17) is 0 Å². The Hall–Kier alpha value is -1.48. The van der Waals surface area contributed by atoms with Crippen LogP contribution in [0.1, 0.15) is 25.7 Å². The van der Waals surface area contributed by atoms with Gasteiger partial charge < -0.3 is 5.32 Å². The van der Waals surface area contributed by atoms with Gasteiger partial charge in [-0.3, -0.25) is 4.79 Å². The second-order valence-corrected chi connectivity index (χ2v) is 7.69. The van der Waals surface area contributed by atoms with Gasteiger partial charge in [0, 0.05) is 18.1 Å². The van der Waals surface area contributed by atoms with Crippen LogP contribution in [0.5, 0.6) is 0 Å². The summed E-state index contributed by atoms with van der Waals surface area (Å²) < 4.78 is 26.7. The normalized spacial score (nSPS) is 29.5. The van der Waals surface area contributed by atoms with Crippen molar-refractivity contribution in [1.82, 2.24) is 24.4 Å². The molecule has 2 aliphatic heterocycles. The van der Waals surface area contributed by atoms with E-state index < -0.39 is 10.0 Å². The fourth-order valence-electron chi connectivity index (χ4n) is 3.53. The smallest absolute Gasteiger partial charge is 0.242 e. The van der Waals surface area contributed by atoms with Crippen LogP contribution in [0.2, 0.25) is 0 Å². The Labute approximate surface area is 123 Å². The molecule has 1 N–H and O–H groups in total. The molecular formula is C12H19N5O3S. The molecule has 2 aliphatic rings. The topological polar surface area (TPSA) is 97.2 Å². The van der Waals surface area contributed by atoms with E-state index in [2.05, 4.69) is 15.4 Å². The van der Waals surface area contributed by atoms with Crippen LogP contribution in [-0.2, 0) is 21.4 Å². The van der Waals surface area contributed by atoms with E-state index in [-0.39, 0.29) is 30.6 Å². The molecule has 0 aromatic carbocycles. The summed E-state index contributed by atoms with van der Waals surface area (Å²) in [6, 6.07) is 0.0855. The standard InChI is InChI=1S/C12H19N5O3S/c1-21(19,20)17-10-2-3-11(17)5-9(4-10)15-12(18)6-16-8-13-7-14-16/h7-11H,2-6H2,1H3,(H,15,18). The number of fused-ring (bicyclic) bond motifs is 2. The summed E-state index contributed by atoms with van der Waals surface area (Å²) in [4.78, 5) is 15.8. The summed E-state index contributed by atoms with van der Waals surface area (Å²) >= 11 is 0. The maximum Gasteiger partial charge on any atom is 0.242 e. The van der Waals surface area contributed by atoms with Crippen molar-refractivity contribution in [1.29, 1.82) is 0 Å². The molecule has 2 fully saturated rings. The zero-order chi connectivity index (χ0) is 15.0. The van der Waals surface area contributed by atoms with Gasteiger partial charge in [-0.1, -0.05) is 0 Å². The lowest BCUT2D eigenvalue weighted by Crippen LogP contribution is -2.52. The highest BCUT2D eigenvalue weighted by Crippen LogP contribution is 2.37. The summed E-state index contributed by atoms with van der Waals surface area (Å²) in [6.45, 7) is 0.141. The number of rotatable bonds is 4. The van der Waals surface area contributed by atoms with Crippen molar-refractivity contribution in [2.75, 3.05) is 6.26 Å². The fourth-order valence-corrected chi connectivity index (χ4v) is 4.99. The summed E-state index contributed by atoms with van der Waals surface area (Å²) in [6.07, 6.45) is 7.29. The predicted molar refractivity (Wildman–Crippen MR) is 74.7 cm³/mol. The molecule has 3 rings (SSSR count). The number of amides is 1. The highest BCUT2D eigenvalue weighted by atomic mass is 32.2. The first-order chi connectivity index (χ1) is 9.93. The van der Waals surface area contributed by atoms with Crippen molar-refractivity contribution in [2.24, 2.45) is 0 Å². The molecule has 1 aromatic rings. The van der Waals surface area contributed by atoms with Crippen LogP contribution in [0, 0.1) is 0 Å². The first kappa shape index (κ1) is 14.5. The first-order valence-electron chi connectivity index (χ1n) is 7.04. The van der Waals surface area contributed by atoms with Crippen LogP contribution in [0.25, 0.3) is 0 Å². The van der Waals surface area contributed by atoms with Crippen molar-refractivity contribution in [3.8, 4) is 0 Å². The van der Waals surface area contributed by atoms with Crippen LogP contribution in [-0.4, -0.2) is 57.8 Å². The van der Waals surface area contributed by atoms with Crippen molar-refractivity contribution in [3.63, 3.8) is 0 Å². The van der Waals surface area contributed by atoms with Crippen molar-refractivity contribution >= 4 is 15.9 Å². The average Bonchev–Trinajstić information content (AvgIpc) is 2.95. The number of nitrogens with one attached hydrogen (secondary N) is 1. The van der Waals surface area contributed by atoms with Gasteiger partial charge in [-0.2, -0.15) is 9.40 Å². The van der Waals surface area contributed by atoms with E-state index in [1.165, 1.54) is 23.6 Å². The summed E-state index contributed by atoms with van der Waals surface area (Å²) in [5, 5.41) is 6.87. The molecule has 2 saturated heterocycles. The van der Waals surface area contributed by atoms with E-state index >= 15 is 0 Å². The molecule has 2 bridgehead atoms. The second-order valence-electron chi connectivity index (χ2n) is 5.81. The zero-order valence-corrected chi connectivity index (χ0v) is 12.7. The van der Waals surface area contributed by atoms with Gasteiger partial charge in [0.05, 0.1) is 6.26 Å². The van der Waals surface area contributed by atoms with Crippen LogP contribution in [0.4, 0.5) is 0 Å². The molecule has 3 heterocycles. The van der Waals surface area contributed by atoms with Crippen LogP contribution in [0.3, 0.4) is 0 Å². The van der Waals surface area contributed by atoms with Gasteiger partial charge in [0.1, 0.15) is 19.2 Å². The van der Waals surface area contributed by atoms with Crippen molar-refractivity contribution in [3.05, 3.63) is 12.7 Å². The molecule has 9 heteroatoms. The van der Waals surface area contributed by atoms with Crippen molar-refractivity contribution in [2.45, 2.75) is 50.4 Å². The minimum Gasteiger partial charge on any atom is -0.352 e. The second kappa shape index (κ2) is 5.38. The summed E-state index contributed by atoms with van der Waals surface area (Å²) in [5.41, 5.74) is 0. The first-order valence-corrected chi connectivity index (χ1v) is 8.88. The van der Waals surface area contributed by atoms with Gasteiger partial charge in [0.25, 0.3) is 0 Å². The number of nitrogens with zero attached hydrogens (tertiary/aromatic N) is 4. The number of hydrogen-bond acceptors (Lipinski definition) is 5. The molecule has 0 aliphatic carbocycles. The highest BCUT2D eigenvalue weighted by Gasteiger charge is 2.45. The molecule has 116 valence electrons. The Balaban J connectivity index is 1.59. The largest absolute Gasteiger partial charge is 0.352 e. The third-order valence-corrected chi connectivity index (χ3v) is 5.55. The SMILES string of the molecule is CS(=O)(=O)N1C2CCC1CC(NC(=O)Cn1cncn1)C2. The minimum absolute atomic E-state index is 0.0235. The van der Waals surface area contributed by atoms with Gasteiger partial charge in [-0.25, -0.2) is 18.1 Å². The zero-order valence-electron chi connectivity index (χ0n) is 11.8. The summed E-state index contributed by atoms with van der Waals surface area (Å²) in [7, 11) is -3.16. The molecule has 2 unspecified atom stereocenters. The number of carbonyl (C=O) groups is 1. The van der Waals surface area contributed by atoms with Crippen LogP contribution >= 0.6 is 0 Å². The lowest BCUT2D eigenvalue weighted by atomic mass is 10.00. The Bertz CT molecular complexity index is 601. The average molecular weight is 313 g/mol. The van der Waals surface area contributed by atoms with Crippen molar-refractivity contribution < 1.29 is 13.2 Å². The van der Waals surface area contributed by atoms with Gasteiger partial charge in [-0.15, -0.1) is 0 Å². The molecule has 1 amide bonds. The Morgan fingerprint density at radius 1 is 1.33 bits per heavy atom. The monoisotopic (exact) mass is 313 g/mol. The Morgan fingerprint density at radius 3 is 2.52 bits per heavy atom. The molecule has 1 aromatic heterocycles. The quantitative estimate of drug-likeness (QED) is 0.796. The number of hydrogen-bond donors (Lipinski definition) is 1. The third kappa shape index (κ3) is 3.08. The number of aromatic nitrogens is 3. The third-order valence-electron chi connectivity index (χ3n) is 4.19.